The maximum absolute atomic E-state index is 9.27. The highest BCUT2D eigenvalue weighted by atomic mass is 16.3. The lowest BCUT2D eigenvalue weighted by atomic mass is 9.85. The Labute approximate surface area is 113 Å². The number of nitrogens with one attached hydrogen (secondary N) is 1. The van der Waals surface area contributed by atoms with Crippen molar-refractivity contribution in [3.05, 3.63) is 0 Å². The van der Waals surface area contributed by atoms with Crippen LogP contribution in [0.15, 0.2) is 0 Å². The third-order valence-electron chi connectivity index (χ3n) is 4.96. The first kappa shape index (κ1) is 14.3. The summed E-state index contributed by atoms with van der Waals surface area (Å²) < 4.78 is 0. The first-order valence-electron chi connectivity index (χ1n) is 8.22. The Bertz CT molecular complexity index is 209. The summed E-state index contributed by atoms with van der Waals surface area (Å²) in [5.41, 5.74) is 0. The molecular weight excluding hydrogens is 222 g/mol. The summed E-state index contributed by atoms with van der Waals surface area (Å²) in [6, 6.07) is 0.682. The summed E-state index contributed by atoms with van der Waals surface area (Å²) in [5, 5.41) is 13.1. The summed E-state index contributed by atoms with van der Waals surface area (Å²) in [5.74, 6) is 1.48. The van der Waals surface area contributed by atoms with Crippen molar-refractivity contribution >= 4 is 0 Å². The van der Waals surface area contributed by atoms with Gasteiger partial charge in [-0.05, 0) is 50.5 Å². The van der Waals surface area contributed by atoms with Gasteiger partial charge in [0.05, 0.1) is 0 Å². The fraction of sp³-hybridized carbons (Fsp3) is 1.00. The molecule has 2 N–H and O–H groups in total. The molecule has 0 saturated heterocycles. The largest absolute Gasteiger partial charge is 0.396 e. The highest BCUT2D eigenvalue weighted by molar-refractivity contribution is 4.79. The monoisotopic (exact) mass is 253 g/mol. The topological polar surface area (TPSA) is 32.3 Å². The van der Waals surface area contributed by atoms with Gasteiger partial charge in [-0.25, -0.2) is 0 Å². The first-order valence-corrected chi connectivity index (χ1v) is 8.22. The van der Waals surface area contributed by atoms with E-state index in [-0.39, 0.29) is 0 Å². The number of aliphatic hydroxyl groups excluding tert-OH is 1. The molecule has 2 atom stereocenters. The Kier molecular flexibility index (Phi) is 6.50. The van der Waals surface area contributed by atoms with Gasteiger partial charge in [0.1, 0.15) is 0 Å². The van der Waals surface area contributed by atoms with Crippen LogP contribution < -0.4 is 5.32 Å². The molecule has 2 fully saturated rings. The predicted molar refractivity (Wildman–Crippen MR) is 76.6 cm³/mol. The molecule has 2 aliphatic rings. The van der Waals surface area contributed by atoms with Crippen molar-refractivity contribution in [2.75, 3.05) is 13.2 Å². The van der Waals surface area contributed by atoms with Crippen LogP contribution in [0.4, 0.5) is 0 Å². The van der Waals surface area contributed by atoms with Crippen LogP contribution >= 0.6 is 0 Å². The van der Waals surface area contributed by atoms with E-state index in [9.17, 15) is 5.11 Å². The summed E-state index contributed by atoms with van der Waals surface area (Å²) in [4.78, 5) is 0. The highest BCUT2D eigenvalue weighted by Gasteiger charge is 2.22. The van der Waals surface area contributed by atoms with E-state index in [1.54, 1.807) is 0 Å². The molecule has 0 aromatic heterocycles. The van der Waals surface area contributed by atoms with Gasteiger partial charge < -0.3 is 10.4 Å². The smallest absolute Gasteiger partial charge is 0.0459 e. The Morgan fingerprint density at radius 3 is 2.17 bits per heavy atom. The second-order valence-electron chi connectivity index (χ2n) is 6.53. The van der Waals surface area contributed by atoms with Gasteiger partial charge >= 0.3 is 0 Å². The molecule has 2 saturated carbocycles. The minimum absolute atomic E-state index is 0.390. The summed E-state index contributed by atoms with van der Waals surface area (Å²) in [7, 11) is 0. The molecule has 18 heavy (non-hydrogen) atoms. The van der Waals surface area contributed by atoms with Gasteiger partial charge in [0.25, 0.3) is 0 Å². The standard InChI is InChI=1S/C16H31NO/c18-13-15-9-6-10-16(11-15)17-12-14-7-4-2-1-3-5-8-14/h14-18H,1-13H2. The van der Waals surface area contributed by atoms with Crippen LogP contribution in [-0.2, 0) is 0 Å². The molecule has 2 nitrogen and oxygen atoms in total. The van der Waals surface area contributed by atoms with Gasteiger partial charge in [-0.1, -0.05) is 38.5 Å². The van der Waals surface area contributed by atoms with Crippen molar-refractivity contribution in [2.24, 2.45) is 11.8 Å². The predicted octanol–water partition coefficient (Wildman–Crippen LogP) is 3.49. The molecule has 2 rings (SSSR count). The van der Waals surface area contributed by atoms with Crippen LogP contribution in [0.5, 0.6) is 0 Å². The van der Waals surface area contributed by atoms with Crippen LogP contribution in [0.3, 0.4) is 0 Å². The van der Waals surface area contributed by atoms with E-state index < -0.39 is 0 Å². The number of hydrogen-bond acceptors (Lipinski definition) is 2. The Hall–Kier alpha value is -0.0800. The lowest BCUT2D eigenvalue weighted by Crippen LogP contribution is -2.38. The van der Waals surface area contributed by atoms with Crippen LogP contribution in [0, 0.1) is 11.8 Å². The molecule has 0 radical (unpaired) electrons. The molecule has 0 bridgehead atoms. The van der Waals surface area contributed by atoms with Crippen molar-refractivity contribution < 1.29 is 5.11 Å². The van der Waals surface area contributed by atoms with E-state index in [0.29, 0.717) is 18.6 Å². The Balaban J connectivity index is 1.66. The molecule has 0 spiro atoms. The van der Waals surface area contributed by atoms with Crippen molar-refractivity contribution in [1.29, 1.82) is 0 Å². The third kappa shape index (κ3) is 4.89. The number of aliphatic hydroxyl groups is 1. The minimum atomic E-state index is 0.390. The van der Waals surface area contributed by atoms with E-state index in [1.807, 2.05) is 0 Å². The van der Waals surface area contributed by atoms with Crippen LogP contribution in [0.25, 0.3) is 0 Å². The van der Waals surface area contributed by atoms with Crippen molar-refractivity contribution in [3.63, 3.8) is 0 Å². The average Bonchev–Trinajstić information content (AvgIpc) is 2.38. The second kappa shape index (κ2) is 8.16. The molecule has 0 amide bonds. The fourth-order valence-electron chi connectivity index (χ4n) is 3.72. The first-order chi connectivity index (χ1) is 8.88. The van der Waals surface area contributed by atoms with Crippen LogP contribution in [0.1, 0.15) is 70.6 Å². The summed E-state index contributed by atoms with van der Waals surface area (Å²) in [6.45, 7) is 1.62. The van der Waals surface area contributed by atoms with Gasteiger partial charge in [0.15, 0.2) is 0 Å². The van der Waals surface area contributed by atoms with Crippen LogP contribution in [0.2, 0.25) is 0 Å². The molecule has 0 aromatic carbocycles. The molecule has 0 heterocycles. The zero-order valence-electron chi connectivity index (χ0n) is 11.9. The lowest BCUT2D eigenvalue weighted by molar-refractivity contribution is 0.168. The van der Waals surface area contributed by atoms with Gasteiger partial charge in [-0.3, -0.25) is 0 Å². The van der Waals surface area contributed by atoms with E-state index in [2.05, 4.69) is 5.32 Å². The van der Waals surface area contributed by atoms with Crippen molar-refractivity contribution in [1.82, 2.24) is 5.32 Å². The maximum atomic E-state index is 9.27. The quantitative estimate of drug-likeness (QED) is 0.804. The maximum Gasteiger partial charge on any atom is 0.0459 e. The van der Waals surface area contributed by atoms with Crippen LogP contribution in [-0.4, -0.2) is 24.3 Å². The van der Waals surface area contributed by atoms with E-state index in [1.165, 1.54) is 77.2 Å². The van der Waals surface area contributed by atoms with Gasteiger partial charge in [0, 0.05) is 12.6 Å². The molecule has 0 aliphatic heterocycles. The molecule has 0 aromatic rings. The van der Waals surface area contributed by atoms with Crippen molar-refractivity contribution in [2.45, 2.75) is 76.7 Å². The molecule has 2 heteroatoms. The van der Waals surface area contributed by atoms with Gasteiger partial charge in [-0.15, -0.1) is 0 Å². The molecule has 106 valence electrons. The third-order valence-corrected chi connectivity index (χ3v) is 4.96. The molecular formula is C16H31NO. The Morgan fingerprint density at radius 1 is 0.778 bits per heavy atom. The average molecular weight is 253 g/mol. The zero-order valence-corrected chi connectivity index (χ0v) is 11.9. The number of hydrogen-bond donors (Lipinski definition) is 2. The number of rotatable bonds is 4. The van der Waals surface area contributed by atoms with Gasteiger partial charge in [-0.2, -0.15) is 0 Å². The minimum Gasteiger partial charge on any atom is -0.396 e. The Morgan fingerprint density at radius 2 is 1.44 bits per heavy atom. The summed E-state index contributed by atoms with van der Waals surface area (Å²) >= 11 is 0. The molecule has 2 unspecified atom stereocenters. The van der Waals surface area contributed by atoms with E-state index in [0.717, 1.165) is 5.92 Å². The van der Waals surface area contributed by atoms with E-state index in [4.69, 9.17) is 0 Å². The summed E-state index contributed by atoms with van der Waals surface area (Å²) in [6.07, 6.45) is 15.2. The zero-order chi connectivity index (χ0) is 12.6. The van der Waals surface area contributed by atoms with E-state index >= 15 is 0 Å². The molecule has 2 aliphatic carbocycles. The van der Waals surface area contributed by atoms with Crippen molar-refractivity contribution in [3.8, 4) is 0 Å². The highest BCUT2D eigenvalue weighted by Crippen LogP contribution is 2.25. The fourth-order valence-corrected chi connectivity index (χ4v) is 3.72. The lowest BCUT2D eigenvalue weighted by Gasteiger charge is -2.30. The van der Waals surface area contributed by atoms with Gasteiger partial charge in [0.2, 0.25) is 0 Å². The SMILES string of the molecule is OCC1CCCC(NCC2CCCCCCC2)C1. The normalized spacial score (nSPS) is 31.8. The second-order valence-corrected chi connectivity index (χ2v) is 6.53.